The molecule has 2 rings (SSSR count). The molecule has 4 nitrogen and oxygen atoms in total. The Kier molecular flexibility index (Phi) is 7.84. The molecule has 0 fully saturated rings. The van der Waals surface area contributed by atoms with E-state index < -0.39 is 10.0 Å². The SMILES string of the molecule is CCN(CC)S(=O)(=O)c1ccc(CCNC/C=C/c2ccccc2)s1. The number of nitrogens with zero attached hydrogens (tertiary/aromatic N) is 1. The van der Waals surface area contributed by atoms with Crippen LogP contribution in [0.3, 0.4) is 0 Å². The predicted octanol–water partition coefficient (Wildman–Crippen LogP) is 3.62. The third-order valence-electron chi connectivity index (χ3n) is 3.86. The molecule has 136 valence electrons. The first kappa shape index (κ1) is 19.8. The van der Waals surface area contributed by atoms with Crippen LogP contribution in [0.25, 0.3) is 6.08 Å². The van der Waals surface area contributed by atoms with Crippen LogP contribution < -0.4 is 5.32 Å². The van der Waals surface area contributed by atoms with Crippen LogP contribution in [-0.2, 0) is 16.4 Å². The molecule has 0 saturated heterocycles. The highest BCUT2D eigenvalue weighted by molar-refractivity contribution is 7.91. The van der Waals surface area contributed by atoms with Gasteiger partial charge in [-0.3, -0.25) is 0 Å². The quantitative estimate of drug-likeness (QED) is 0.642. The molecule has 0 saturated carbocycles. The van der Waals surface area contributed by atoms with Gasteiger partial charge in [0.05, 0.1) is 0 Å². The van der Waals surface area contributed by atoms with Crippen molar-refractivity contribution in [2.24, 2.45) is 0 Å². The second-order valence-corrected chi connectivity index (χ2v) is 8.91. The summed E-state index contributed by atoms with van der Waals surface area (Å²) in [5.41, 5.74) is 1.19. The second-order valence-electron chi connectivity index (χ2n) is 5.58. The minimum absolute atomic E-state index is 0.440. The van der Waals surface area contributed by atoms with Gasteiger partial charge in [-0.1, -0.05) is 56.3 Å². The summed E-state index contributed by atoms with van der Waals surface area (Å²) < 4.78 is 26.9. The van der Waals surface area contributed by atoms with Gasteiger partial charge in [0.15, 0.2) is 0 Å². The average molecular weight is 379 g/mol. The lowest BCUT2D eigenvalue weighted by molar-refractivity contribution is 0.447. The third kappa shape index (κ3) is 5.78. The van der Waals surface area contributed by atoms with E-state index in [4.69, 9.17) is 0 Å². The topological polar surface area (TPSA) is 49.4 Å². The van der Waals surface area contributed by atoms with E-state index in [-0.39, 0.29) is 0 Å². The van der Waals surface area contributed by atoms with Crippen molar-refractivity contribution < 1.29 is 8.42 Å². The Morgan fingerprint density at radius 3 is 2.48 bits per heavy atom. The summed E-state index contributed by atoms with van der Waals surface area (Å²) in [6.07, 6.45) is 5.02. The van der Waals surface area contributed by atoms with Gasteiger partial charge in [-0.05, 0) is 24.1 Å². The molecule has 6 heteroatoms. The van der Waals surface area contributed by atoms with Crippen LogP contribution in [-0.4, -0.2) is 38.9 Å². The molecule has 0 atom stereocenters. The largest absolute Gasteiger partial charge is 0.313 e. The van der Waals surface area contributed by atoms with Crippen molar-refractivity contribution >= 4 is 27.4 Å². The number of sulfonamides is 1. The van der Waals surface area contributed by atoms with Crippen LogP contribution in [0.15, 0.2) is 52.7 Å². The van der Waals surface area contributed by atoms with Gasteiger partial charge in [-0.15, -0.1) is 11.3 Å². The molecular weight excluding hydrogens is 352 g/mol. The number of nitrogens with one attached hydrogen (secondary N) is 1. The zero-order valence-electron chi connectivity index (χ0n) is 14.8. The van der Waals surface area contributed by atoms with Gasteiger partial charge in [0, 0.05) is 31.1 Å². The Morgan fingerprint density at radius 1 is 1.08 bits per heavy atom. The van der Waals surface area contributed by atoms with Crippen LogP contribution in [0.1, 0.15) is 24.3 Å². The molecule has 1 N–H and O–H groups in total. The monoisotopic (exact) mass is 378 g/mol. The van der Waals surface area contributed by atoms with Crippen molar-refractivity contribution in [3.8, 4) is 0 Å². The minimum atomic E-state index is -3.33. The molecular formula is C19H26N2O2S2. The first-order chi connectivity index (χ1) is 12.1. The molecule has 1 aromatic carbocycles. The summed E-state index contributed by atoms with van der Waals surface area (Å²) in [5, 5.41) is 3.36. The van der Waals surface area contributed by atoms with E-state index in [2.05, 4.69) is 29.6 Å². The van der Waals surface area contributed by atoms with Gasteiger partial charge < -0.3 is 5.32 Å². The van der Waals surface area contributed by atoms with Gasteiger partial charge in [0.1, 0.15) is 4.21 Å². The van der Waals surface area contributed by atoms with Crippen LogP contribution in [0.5, 0.6) is 0 Å². The van der Waals surface area contributed by atoms with Crippen molar-refractivity contribution in [3.05, 3.63) is 59.0 Å². The number of hydrogen-bond acceptors (Lipinski definition) is 4. The lowest BCUT2D eigenvalue weighted by Crippen LogP contribution is -2.29. The molecule has 25 heavy (non-hydrogen) atoms. The number of thiophene rings is 1. The molecule has 1 aromatic heterocycles. The van der Waals surface area contributed by atoms with Gasteiger partial charge in [-0.2, -0.15) is 4.31 Å². The van der Waals surface area contributed by atoms with Gasteiger partial charge in [0.2, 0.25) is 0 Å². The molecule has 2 aromatic rings. The van der Waals surface area contributed by atoms with Crippen molar-refractivity contribution in [2.45, 2.75) is 24.5 Å². The summed E-state index contributed by atoms with van der Waals surface area (Å²) in [6.45, 7) is 6.35. The molecule has 0 unspecified atom stereocenters. The number of benzene rings is 1. The van der Waals surface area contributed by atoms with Crippen molar-refractivity contribution in [1.29, 1.82) is 0 Å². The summed E-state index contributed by atoms with van der Waals surface area (Å²) in [4.78, 5) is 1.09. The van der Waals surface area contributed by atoms with E-state index in [9.17, 15) is 8.42 Å². The van der Waals surface area contributed by atoms with E-state index in [1.165, 1.54) is 21.2 Å². The van der Waals surface area contributed by atoms with E-state index in [0.29, 0.717) is 17.3 Å². The Balaban J connectivity index is 1.79. The average Bonchev–Trinajstić information content (AvgIpc) is 3.09. The Hall–Kier alpha value is -1.47. The first-order valence-corrected chi connectivity index (χ1v) is 10.8. The number of rotatable bonds is 10. The number of hydrogen-bond donors (Lipinski definition) is 1. The molecule has 1 heterocycles. The van der Waals surface area contributed by atoms with Gasteiger partial charge in [-0.25, -0.2) is 8.42 Å². The molecule has 0 aliphatic rings. The van der Waals surface area contributed by atoms with Gasteiger partial charge in [0.25, 0.3) is 10.0 Å². The molecule has 0 bridgehead atoms. The fourth-order valence-electron chi connectivity index (χ4n) is 2.48. The summed E-state index contributed by atoms with van der Waals surface area (Å²) in [5.74, 6) is 0. The summed E-state index contributed by atoms with van der Waals surface area (Å²) >= 11 is 1.37. The normalized spacial score (nSPS) is 12.3. The highest BCUT2D eigenvalue weighted by Crippen LogP contribution is 2.25. The molecule has 0 aliphatic heterocycles. The van der Waals surface area contributed by atoms with E-state index >= 15 is 0 Å². The van der Waals surface area contributed by atoms with Crippen molar-refractivity contribution in [2.75, 3.05) is 26.2 Å². The van der Waals surface area contributed by atoms with Gasteiger partial charge >= 0.3 is 0 Å². The lowest BCUT2D eigenvalue weighted by atomic mass is 10.2. The molecule has 0 radical (unpaired) electrons. The van der Waals surface area contributed by atoms with E-state index in [0.717, 1.165) is 24.4 Å². The zero-order valence-corrected chi connectivity index (χ0v) is 16.4. The maximum atomic E-state index is 12.5. The van der Waals surface area contributed by atoms with Crippen LogP contribution in [0.4, 0.5) is 0 Å². The highest BCUT2D eigenvalue weighted by Gasteiger charge is 2.23. The van der Waals surface area contributed by atoms with Crippen LogP contribution in [0, 0.1) is 0 Å². The van der Waals surface area contributed by atoms with Crippen LogP contribution >= 0.6 is 11.3 Å². The fraction of sp³-hybridized carbons (Fsp3) is 0.368. The Morgan fingerprint density at radius 2 is 1.80 bits per heavy atom. The van der Waals surface area contributed by atoms with Crippen molar-refractivity contribution in [1.82, 2.24) is 9.62 Å². The fourth-order valence-corrected chi connectivity index (χ4v) is 5.45. The lowest BCUT2D eigenvalue weighted by Gasteiger charge is -2.16. The zero-order chi connectivity index (χ0) is 18.1. The first-order valence-electron chi connectivity index (χ1n) is 8.59. The smallest absolute Gasteiger partial charge is 0.252 e. The maximum absolute atomic E-state index is 12.5. The van der Waals surface area contributed by atoms with E-state index in [1.807, 2.05) is 38.1 Å². The third-order valence-corrected chi connectivity index (χ3v) is 7.52. The second kappa shape index (κ2) is 9.87. The Bertz CT molecular complexity index is 764. The minimum Gasteiger partial charge on any atom is -0.313 e. The molecule has 0 aliphatic carbocycles. The van der Waals surface area contributed by atoms with Crippen LogP contribution in [0.2, 0.25) is 0 Å². The van der Waals surface area contributed by atoms with E-state index in [1.54, 1.807) is 6.07 Å². The molecule has 0 spiro atoms. The predicted molar refractivity (Wildman–Crippen MR) is 106 cm³/mol. The molecule has 0 amide bonds. The summed E-state index contributed by atoms with van der Waals surface area (Å²) in [6, 6.07) is 13.8. The summed E-state index contributed by atoms with van der Waals surface area (Å²) in [7, 11) is -3.33. The standard InChI is InChI=1S/C19H26N2O2S2/c1-3-21(4-2)25(22,23)19-13-12-18(24-19)14-16-20-15-8-11-17-9-6-5-7-10-17/h5-13,20H,3-4,14-16H2,1-2H3/b11-8+. The maximum Gasteiger partial charge on any atom is 0.252 e. The highest BCUT2D eigenvalue weighted by atomic mass is 32.2. The Labute approximate surface area is 155 Å². The van der Waals surface area contributed by atoms with Crippen molar-refractivity contribution in [3.63, 3.8) is 0 Å².